The van der Waals surface area contributed by atoms with Crippen molar-refractivity contribution in [2.24, 2.45) is 11.8 Å². The fourth-order valence-corrected chi connectivity index (χ4v) is 4.97. The lowest BCUT2D eigenvalue weighted by molar-refractivity contribution is 0.0625. The van der Waals surface area contributed by atoms with E-state index >= 15 is 0 Å². The molecule has 2 atom stereocenters. The van der Waals surface area contributed by atoms with Gasteiger partial charge in [0.05, 0.1) is 12.1 Å². The van der Waals surface area contributed by atoms with E-state index in [0.717, 1.165) is 86.8 Å². The fourth-order valence-electron chi connectivity index (χ4n) is 4.97. The van der Waals surface area contributed by atoms with Gasteiger partial charge in [-0.1, -0.05) is 69.5 Å². The quantitative estimate of drug-likeness (QED) is 0.493. The lowest BCUT2D eigenvalue weighted by Gasteiger charge is -2.34. The van der Waals surface area contributed by atoms with Crippen LogP contribution in [0.3, 0.4) is 0 Å². The summed E-state index contributed by atoms with van der Waals surface area (Å²) in [6.07, 6.45) is 5.86. The van der Waals surface area contributed by atoms with Gasteiger partial charge in [0.15, 0.2) is 0 Å². The summed E-state index contributed by atoms with van der Waals surface area (Å²) in [5, 5.41) is 15.1. The number of carbonyl (C=O) groups excluding carboxylic acids is 1. The highest BCUT2D eigenvalue weighted by atomic mass is 16.2. The predicted octanol–water partition coefficient (Wildman–Crippen LogP) is 4.95. The second-order valence-electron chi connectivity index (χ2n) is 9.78. The first-order valence-electron chi connectivity index (χ1n) is 13.7. The first-order valence-corrected chi connectivity index (χ1v) is 13.7. The highest BCUT2D eigenvalue weighted by Gasteiger charge is 2.25. The van der Waals surface area contributed by atoms with E-state index in [1.165, 1.54) is 25.7 Å². The van der Waals surface area contributed by atoms with Gasteiger partial charge >= 0.3 is 0 Å². The zero-order valence-electron chi connectivity index (χ0n) is 23.8. The fraction of sp³-hybridized carbons (Fsp3) is 0.516. The van der Waals surface area contributed by atoms with Crippen molar-refractivity contribution in [3.05, 3.63) is 71.7 Å². The molecule has 2 aliphatic rings. The minimum Gasteiger partial charge on any atom is -0.400 e. The maximum atomic E-state index is 12.5. The number of fused-ring (bicyclic) bond motifs is 1. The van der Waals surface area contributed by atoms with Crippen LogP contribution in [0.25, 0.3) is 10.9 Å². The molecule has 1 aliphatic heterocycles. The van der Waals surface area contributed by atoms with Gasteiger partial charge in [0.1, 0.15) is 5.82 Å². The van der Waals surface area contributed by atoms with Crippen molar-refractivity contribution in [1.29, 1.82) is 0 Å². The molecule has 1 saturated heterocycles. The summed E-state index contributed by atoms with van der Waals surface area (Å²) in [4.78, 5) is 26.1. The van der Waals surface area contributed by atoms with E-state index < -0.39 is 0 Å². The molecule has 0 bridgehead atoms. The highest BCUT2D eigenvalue weighted by Crippen LogP contribution is 2.36. The van der Waals surface area contributed by atoms with Crippen LogP contribution in [0.1, 0.15) is 61.4 Å². The molecule has 7 nitrogen and oxygen atoms in total. The van der Waals surface area contributed by atoms with Crippen LogP contribution in [-0.2, 0) is 6.54 Å². The summed E-state index contributed by atoms with van der Waals surface area (Å²) in [6, 6.07) is 17.6. The molecule has 3 aromatic rings. The average Bonchev–Trinajstić information content (AvgIpc) is 2.98. The molecule has 2 unspecified atom stereocenters. The van der Waals surface area contributed by atoms with E-state index in [2.05, 4.69) is 29.8 Å². The number of aliphatic hydroxyl groups excluding tert-OH is 2. The van der Waals surface area contributed by atoms with Crippen LogP contribution >= 0.6 is 0 Å². The summed E-state index contributed by atoms with van der Waals surface area (Å²) in [5.41, 5.74) is 2.77. The molecule has 2 N–H and O–H groups in total. The summed E-state index contributed by atoms with van der Waals surface area (Å²) in [5.74, 6) is 3.11. The predicted molar refractivity (Wildman–Crippen MR) is 155 cm³/mol. The molecule has 38 heavy (non-hydrogen) atoms. The van der Waals surface area contributed by atoms with Crippen LogP contribution in [0.4, 0.5) is 0 Å². The Bertz CT molecular complexity index is 1080. The molecular formula is C31H46N4O3. The van der Waals surface area contributed by atoms with Gasteiger partial charge in [-0.05, 0) is 43.4 Å². The lowest BCUT2D eigenvalue weighted by Crippen LogP contribution is -2.48. The van der Waals surface area contributed by atoms with Crippen LogP contribution < -0.4 is 0 Å². The molecule has 2 heterocycles. The van der Waals surface area contributed by atoms with Crippen LogP contribution in [0.5, 0.6) is 0 Å². The smallest absolute Gasteiger partial charge is 0.253 e. The van der Waals surface area contributed by atoms with E-state index in [4.69, 9.17) is 15.2 Å². The number of nitrogens with zero attached hydrogens (tertiary/aromatic N) is 4. The maximum absolute atomic E-state index is 12.5. The SMILES string of the molecule is CCCC1CCC1C.CO.CO.Cc1nc(CN2CCN(C(=O)c3ccccc3)CC2)nc2ccccc12. The van der Waals surface area contributed by atoms with Crippen molar-refractivity contribution < 1.29 is 15.0 Å². The standard InChI is InChI=1S/C21H22N4O.C8H16.2CH4O/c1-16-18-9-5-6-10-19(18)23-20(22-16)15-24-11-13-25(14-12-24)21(26)17-7-3-2-4-8-17;1-3-4-8-6-5-7(8)2;2*1-2/h2-10H,11-15H2,1H3;7-8H,3-6H2,1-2H3;2*2H,1H3. The van der Waals surface area contributed by atoms with Crippen molar-refractivity contribution in [2.75, 3.05) is 40.4 Å². The Morgan fingerprint density at radius 1 is 0.895 bits per heavy atom. The molecule has 5 rings (SSSR count). The Kier molecular flexibility index (Phi) is 13.9. The molecule has 2 aromatic carbocycles. The zero-order chi connectivity index (χ0) is 27.9. The van der Waals surface area contributed by atoms with Crippen molar-refractivity contribution in [1.82, 2.24) is 19.8 Å². The number of carbonyl (C=O) groups is 1. The van der Waals surface area contributed by atoms with Crippen molar-refractivity contribution in [2.45, 2.75) is 53.0 Å². The first-order chi connectivity index (χ1) is 18.5. The van der Waals surface area contributed by atoms with Gasteiger partial charge in [-0.3, -0.25) is 9.69 Å². The van der Waals surface area contributed by atoms with Crippen LogP contribution in [0.15, 0.2) is 54.6 Å². The molecule has 1 aliphatic carbocycles. The number of rotatable bonds is 5. The maximum Gasteiger partial charge on any atom is 0.253 e. The van der Waals surface area contributed by atoms with Gasteiger partial charge in [0.25, 0.3) is 5.91 Å². The van der Waals surface area contributed by atoms with Gasteiger partial charge in [-0.15, -0.1) is 0 Å². The van der Waals surface area contributed by atoms with E-state index in [-0.39, 0.29) is 5.91 Å². The number of benzene rings is 2. The largest absolute Gasteiger partial charge is 0.400 e. The van der Waals surface area contributed by atoms with Gasteiger partial charge in [0, 0.05) is 57.0 Å². The van der Waals surface area contributed by atoms with Gasteiger partial charge in [0.2, 0.25) is 0 Å². The van der Waals surface area contributed by atoms with Crippen LogP contribution in [-0.4, -0.2) is 76.3 Å². The molecule has 1 aromatic heterocycles. The third-order valence-corrected chi connectivity index (χ3v) is 7.34. The van der Waals surface area contributed by atoms with Gasteiger partial charge in [-0.2, -0.15) is 0 Å². The number of piperazine rings is 1. The number of aromatic nitrogens is 2. The normalized spacial score (nSPS) is 18.6. The Balaban J connectivity index is 0.000000356. The lowest BCUT2D eigenvalue weighted by atomic mass is 9.73. The molecule has 7 heteroatoms. The Morgan fingerprint density at radius 2 is 1.53 bits per heavy atom. The first kappa shape index (κ1) is 31.3. The number of hydrogen-bond acceptors (Lipinski definition) is 6. The molecule has 0 spiro atoms. The minimum atomic E-state index is 0.114. The zero-order valence-corrected chi connectivity index (χ0v) is 23.8. The summed E-state index contributed by atoms with van der Waals surface area (Å²) in [6.45, 7) is 10.6. The molecule has 0 radical (unpaired) electrons. The monoisotopic (exact) mass is 522 g/mol. The molecular weight excluding hydrogens is 476 g/mol. The van der Waals surface area contributed by atoms with Gasteiger partial charge < -0.3 is 15.1 Å². The van der Waals surface area contributed by atoms with Crippen molar-refractivity contribution >= 4 is 16.8 Å². The van der Waals surface area contributed by atoms with E-state index in [1.807, 2.05) is 60.4 Å². The molecule has 2 fully saturated rings. The van der Waals surface area contributed by atoms with Crippen molar-refractivity contribution in [3.8, 4) is 0 Å². The molecule has 1 saturated carbocycles. The topological polar surface area (TPSA) is 89.8 Å². The Hall–Kier alpha value is -2.87. The number of hydrogen-bond donors (Lipinski definition) is 2. The summed E-state index contributed by atoms with van der Waals surface area (Å²) < 4.78 is 0. The van der Waals surface area contributed by atoms with Gasteiger partial charge in [-0.25, -0.2) is 9.97 Å². The number of aliphatic hydroxyl groups is 2. The second-order valence-corrected chi connectivity index (χ2v) is 9.78. The van der Waals surface area contributed by atoms with Crippen LogP contribution in [0, 0.1) is 18.8 Å². The Labute approximate surface area is 228 Å². The van der Waals surface area contributed by atoms with E-state index in [0.29, 0.717) is 0 Å². The van der Waals surface area contributed by atoms with Crippen molar-refractivity contribution in [3.63, 3.8) is 0 Å². The minimum absolute atomic E-state index is 0.114. The second kappa shape index (κ2) is 16.9. The highest BCUT2D eigenvalue weighted by molar-refractivity contribution is 5.94. The Morgan fingerprint density at radius 3 is 2.08 bits per heavy atom. The molecule has 1 amide bonds. The van der Waals surface area contributed by atoms with E-state index in [9.17, 15) is 4.79 Å². The summed E-state index contributed by atoms with van der Waals surface area (Å²) >= 11 is 0. The van der Waals surface area contributed by atoms with E-state index in [1.54, 1.807) is 0 Å². The number of aryl methyl sites for hydroxylation is 1. The molecule has 208 valence electrons. The third-order valence-electron chi connectivity index (χ3n) is 7.34. The average molecular weight is 523 g/mol. The number of amides is 1. The summed E-state index contributed by atoms with van der Waals surface area (Å²) in [7, 11) is 2.00. The number of para-hydroxylation sites is 1. The van der Waals surface area contributed by atoms with Crippen LogP contribution in [0.2, 0.25) is 0 Å². The third kappa shape index (κ3) is 8.86.